The molecule has 0 heterocycles. The van der Waals surface area contributed by atoms with E-state index in [1.807, 2.05) is 25.1 Å². The SMILES string of the molecule is C=CCCCOc1ccc(C2CCC(OC(=O)c3ccc(-c4ccc(C)cc4)c(F)c3F)CC2)cc1F. The molecule has 0 bridgehead atoms. The lowest BCUT2D eigenvalue weighted by atomic mass is 9.82. The number of rotatable bonds is 9. The molecule has 0 spiro atoms. The van der Waals surface area contributed by atoms with Crippen molar-refractivity contribution < 1.29 is 27.4 Å². The van der Waals surface area contributed by atoms with Crippen molar-refractivity contribution in [3.63, 3.8) is 0 Å². The first-order valence-corrected chi connectivity index (χ1v) is 12.7. The summed E-state index contributed by atoms with van der Waals surface area (Å²) in [5, 5.41) is 0. The molecule has 0 atom stereocenters. The summed E-state index contributed by atoms with van der Waals surface area (Å²) in [5.74, 6) is -3.19. The minimum atomic E-state index is -1.21. The topological polar surface area (TPSA) is 35.5 Å². The van der Waals surface area contributed by atoms with Crippen LogP contribution in [0.5, 0.6) is 5.75 Å². The molecule has 194 valence electrons. The maximum atomic E-state index is 14.8. The summed E-state index contributed by atoms with van der Waals surface area (Å²) in [5.41, 5.74) is 2.09. The van der Waals surface area contributed by atoms with Crippen molar-refractivity contribution in [2.45, 2.75) is 57.5 Å². The van der Waals surface area contributed by atoms with Gasteiger partial charge < -0.3 is 9.47 Å². The van der Waals surface area contributed by atoms with Gasteiger partial charge in [-0.25, -0.2) is 18.0 Å². The van der Waals surface area contributed by atoms with Crippen molar-refractivity contribution in [3.8, 4) is 16.9 Å². The van der Waals surface area contributed by atoms with Crippen LogP contribution in [0.15, 0.2) is 67.3 Å². The van der Waals surface area contributed by atoms with E-state index in [9.17, 15) is 18.0 Å². The number of allylic oxidation sites excluding steroid dienone is 1. The second kappa shape index (κ2) is 12.1. The molecule has 3 aromatic carbocycles. The van der Waals surface area contributed by atoms with Crippen LogP contribution in [0.3, 0.4) is 0 Å². The van der Waals surface area contributed by atoms with E-state index in [4.69, 9.17) is 9.47 Å². The van der Waals surface area contributed by atoms with Crippen molar-refractivity contribution in [1.82, 2.24) is 0 Å². The van der Waals surface area contributed by atoms with Gasteiger partial charge in [-0.15, -0.1) is 6.58 Å². The van der Waals surface area contributed by atoms with Crippen molar-refractivity contribution in [1.29, 1.82) is 0 Å². The van der Waals surface area contributed by atoms with Crippen LogP contribution in [-0.4, -0.2) is 18.7 Å². The average Bonchev–Trinajstić information content (AvgIpc) is 2.90. The first kappa shape index (κ1) is 26.5. The molecule has 0 unspecified atom stereocenters. The van der Waals surface area contributed by atoms with Gasteiger partial charge in [-0.05, 0) is 80.7 Å². The van der Waals surface area contributed by atoms with Crippen LogP contribution in [0.1, 0.15) is 65.9 Å². The number of esters is 1. The molecule has 0 amide bonds. The summed E-state index contributed by atoms with van der Waals surface area (Å²) in [6.45, 7) is 5.99. The highest BCUT2D eigenvalue weighted by molar-refractivity contribution is 5.90. The second-order valence-electron chi connectivity index (χ2n) is 9.50. The Balaban J connectivity index is 1.33. The summed E-state index contributed by atoms with van der Waals surface area (Å²) in [6.07, 6.45) is 5.50. The van der Waals surface area contributed by atoms with Gasteiger partial charge in [0, 0.05) is 5.56 Å². The number of hydrogen-bond donors (Lipinski definition) is 0. The van der Waals surface area contributed by atoms with E-state index in [1.165, 1.54) is 18.2 Å². The molecule has 37 heavy (non-hydrogen) atoms. The zero-order chi connectivity index (χ0) is 26.4. The number of carbonyl (C=O) groups is 1. The van der Waals surface area contributed by atoms with Gasteiger partial charge in [0.05, 0.1) is 12.2 Å². The van der Waals surface area contributed by atoms with Crippen molar-refractivity contribution in [2.24, 2.45) is 0 Å². The molecule has 3 nitrogen and oxygen atoms in total. The molecule has 0 radical (unpaired) electrons. The lowest BCUT2D eigenvalue weighted by Crippen LogP contribution is -2.24. The molecular weight excluding hydrogens is 477 g/mol. The number of ether oxygens (including phenoxy) is 2. The summed E-state index contributed by atoms with van der Waals surface area (Å²) in [6, 6.07) is 14.7. The summed E-state index contributed by atoms with van der Waals surface area (Å²) in [7, 11) is 0. The Bertz CT molecular complexity index is 1250. The maximum absolute atomic E-state index is 14.8. The van der Waals surface area contributed by atoms with Crippen LogP contribution in [-0.2, 0) is 4.74 Å². The minimum absolute atomic E-state index is 0.0926. The molecule has 0 aliphatic heterocycles. The van der Waals surface area contributed by atoms with E-state index in [0.29, 0.717) is 37.9 Å². The third-order valence-electron chi connectivity index (χ3n) is 6.85. The predicted octanol–water partition coefficient (Wildman–Crippen LogP) is 8.31. The van der Waals surface area contributed by atoms with E-state index in [1.54, 1.807) is 24.3 Å². The number of halogens is 3. The van der Waals surface area contributed by atoms with E-state index >= 15 is 0 Å². The molecule has 3 aromatic rings. The predicted molar refractivity (Wildman–Crippen MR) is 138 cm³/mol. The Hall–Kier alpha value is -3.54. The Morgan fingerprint density at radius 3 is 2.38 bits per heavy atom. The second-order valence-corrected chi connectivity index (χ2v) is 9.50. The largest absolute Gasteiger partial charge is 0.491 e. The Morgan fingerprint density at radius 2 is 1.70 bits per heavy atom. The van der Waals surface area contributed by atoms with Crippen LogP contribution in [0.2, 0.25) is 0 Å². The fourth-order valence-corrected chi connectivity index (χ4v) is 4.69. The quantitative estimate of drug-likeness (QED) is 0.166. The van der Waals surface area contributed by atoms with Crippen molar-refractivity contribution in [3.05, 3.63) is 101 Å². The van der Waals surface area contributed by atoms with Crippen molar-refractivity contribution >= 4 is 5.97 Å². The normalized spacial score (nSPS) is 17.3. The third-order valence-corrected chi connectivity index (χ3v) is 6.85. The van der Waals surface area contributed by atoms with E-state index in [0.717, 1.165) is 24.0 Å². The monoisotopic (exact) mass is 508 g/mol. The number of carbonyl (C=O) groups excluding carboxylic acids is 1. The first-order valence-electron chi connectivity index (χ1n) is 12.7. The summed E-state index contributed by atoms with van der Waals surface area (Å²) >= 11 is 0. The van der Waals surface area contributed by atoms with Crippen LogP contribution < -0.4 is 4.74 Å². The van der Waals surface area contributed by atoms with Gasteiger partial charge in [0.2, 0.25) is 0 Å². The Morgan fingerprint density at radius 1 is 0.973 bits per heavy atom. The zero-order valence-corrected chi connectivity index (χ0v) is 20.9. The van der Waals surface area contributed by atoms with E-state index in [-0.39, 0.29) is 17.2 Å². The molecule has 4 rings (SSSR count). The third kappa shape index (κ3) is 6.43. The lowest BCUT2D eigenvalue weighted by molar-refractivity contribution is 0.0189. The van der Waals surface area contributed by atoms with Crippen LogP contribution in [0.4, 0.5) is 13.2 Å². The van der Waals surface area contributed by atoms with E-state index < -0.39 is 35.1 Å². The van der Waals surface area contributed by atoms with Crippen molar-refractivity contribution in [2.75, 3.05) is 6.61 Å². The van der Waals surface area contributed by atoms with Crippen LogP contribution in [0.25, 0.3) is 11.1 Å². The number of aryl methyl sites for hydroxylation is 1. The van der Waals surface area contributed by atoms with Gasteiger partial charge in [-0.3, -0.25) is 0 Å². The van der Waals surface area contributed by atoms with Gasteiger partial charge >= 0.3 is 5.97 Å². The minimum Gasteiger partial charge on any atom is -0.491 e. The van der Waals surface area contributed by atoms with Crippen LogP contribution >= 0.6 is 0 Å². The summed E-state index contributed by atoms with van der Waals surface area (Å²) in [4.78, 5) is 12.6. The van der Waals surface area contributed by atoms with Crippen LogP contribution in [0, 0.1) is 24.4 Å². The molecule has 0 N–H and O–H groups in total. The standard InChI is InChI=1S/C31H31F3O3/c1-3-4-5-18-36-28-17-12-23(19-27(28)32)21-10-13-24(14-11-21)37-31(35)26-16-15-25(29(33)30(26)34)22-8-6-20(2)7-9-22/h3,6-9,12,15-17,19,21,24H,1,4-5,10-11,13-14,18H2,2H3. The fraction of sp³-hybridized carbons (Fsp3) is 0.323. The number of hydrogen-bond acceptors (Lipinski definition) is 3. The van der Waals surface area contributed by atoms with Gasteiger partial charge in [0.15, 0.2) is 23.2 Å². The molecule has 1 aliphatic carbocycles. The summed E-state index contributed by atoms with van der Waals surface area (Å²) < 4.78 is 55.1. The Kier molecular flexibility index (Phi) is 8.70. The average molecular weight is 509 g/mol. The maximum Gasteiger partial charge on any atom is 0.341 e. The highest BCUT2D eigenvalue weighted by Gasteiger charge is 2.28. The first-order chi connectivity index (χ1) is 17.9. The molecular formula is C31H31F3O3. The zero-order valence-electron chi connectivity index (χ0n) is 20.9. The van der Waals surface area contributed by atoms with Gasteiger partial charge in [-0.1, -0.05) is 48.0 Å². The highest BCUT2D eigenvalue weighted by Crippen LogP contribution is 2.36. The highest BCUT2D eigenvalue weighted by atomic mass is 19.2. The van der Waals surface area contributed by atoms with Gasteiger partial charge in [0.25, 0.3) is 0 Å². The smallest absolute Gasteiger partial charge is 0.341 e. The molecule has 1 saturated carbocycles. The number of unbranched alkanes of at least 4 members (excludes halogenated alkanes) is 1. The van der Waals surface area contributed by atoms with E-state index in [2.05, 4.69) is 6.58 Å². The molecule has 6 heteroatoms. The molecule has 1 aliphatic rings. The fourth-order valence-electron chi connectivity index (χ4n) is 4.69. The number of benzene rings is 3. The lowest BCUT2D eigenvalue weighted by Gasteiger charge is -2.28. The Labute approximate surface area is 215 Å². The van der Waals surface area contributed by atoms with Gasteiger partial charge in [-0.2, -0.15) is 0 Å². The molecule has 1 fully saturated rings. The molecule has 0 saturated heterocycles. The molecule has 0 aromatic heterocycles. The van der Waals surface area contributed by atoms with Gasteiger partial charge in [0.1, 0.15) is 6.10 Å².